The summed E-state index contributed by atoms with van der Waals surface area (Å²) in [6.07, 6.45) is 2.15. The third-order valence-corrected chi connectivity index (χ3v) is 9.85. The lowest BCUT2D eigenvalue weighted by Crippen LogP contribution is -2.46. The second-order valence-electron chi connectivity index (χ2n) is 10.8. The highest BCUT2D eigenvalue weighted by Gasteiger charge is 2.25. The van der Waals surface area contributed by atoms with Crippen LogP contribution in [0.3, 0.4) is 0 Å². The van der Waals surface area contributed by atoms with Gasteiger partial charge in [0.05, 0.1) is 23.5 Å². The van der Waals surface area contributed by atoms with Gasteiger partial charge in [0, 0.05) is 72.2 Å². The zero-order valence-electron chi connectivity index (χ0n) is 24.6. The van der Waals surface area contributed by atoms with E-state index in [-0.39, 0.29) is 5.91 Å². The van der Waals surface area contributed by atoms with Crippen LogP contribution in [0.15, 0.2) is 83.5 Å². The summed E-state index contributed by atoms with van der Waals surface area (Å²) in [5.41, 5.74) is 6.46. The summed E-state index contributed by atoms with van der Waals surface area (Å²) in [4.78, 5) is 33.1. The summed E-state index contributed by atoms with van der Waals surface area (Å²) >= 11 is 3.33. The van der Waals surface area contributed by atoms with Crippen molar-refractivity contribution >= 4 is 52.0 Å². The van der Waals surface area contributed by atoms with Gasteiger partial charge in [-0.3, -0.25) is 4.79 Å². The number of piperazine rings is 1. The number of carbonyl (C=O) groups excluding carboxylic acids is 1. The van der Waals surface area contributed by atoms with E-state index in [1.807, 2.05) is 47.8 Å². The van der Waals surface area contributed by atoms with Crippen molar-refractivity contribution in [1.29, 1.82) is 0 Å². The average molecular weight is 623 g/mol. The first-order chi connectivity index (χ1) is 21.6. The number of nitrogens with one attached hydrogen (secondary N) is 2. The Morgan fingerprint density at radius 3 is 2.59 bits per heavy atom. The molecule has 5 aromatic rings. The fourth-order valence-corrected chi connectivity index (χ4v) is 7.37. The van der Waals surface area contributed by atoms with E-state index in [9.17, 15) is 4.79 Å². The maximum absolute atomic E-state index is 12.7. The predicted octanol–water partition coefficient (Wildman–Crippen LogP) is 6.24. The van der Waals surface area contributed by atoms with Gasteiger partial charge >= 0.3 is 0 Å². The van der Waals surface area contributed by atoms with E-state index in [1.54, 1.807) is 29.3 Å². The molecule has 9 nitrogen and oxygen atoms in total. The van der Waals surface area contributed by atoms with Gasteiger partial charge in [-0.15, -0.1) is 11.3 Å². The number of benzene rings is 2. The number of rotatable bonds is 9. The molecule has 1 amide bonds. The second kappa shape index (κ2) is 12.8. The van der Waals surface area contributed by atoms with Crippen molar-refractivity contribution in [3.63, 3.8) is 0 Å². The minimum absolute atomic E-state index is 0.0358. The van der Waals surface area contributed by atoms with E-state index in [0.717, 1.165) is 89.1 Å². The lowest BCUT2D eigenvalue weighted by atomic mass is 10.1. The third-order valence-electron chi connectivity index (χ3n) is 8.02. The summed E-state index contributed by atoms with van der Waals surface area (Å²) in [5, 5.41) is 9.41. The van der Waals surface area contributed by atoms with Crippen molar-refractivity contribution < 1.29 is 4.79 Å². The molecule has 7 rings (SSSR count). The van der Waals surface area contributed by atoms with Gasteiger partial charge in [-0.1, -0.05) is 36.9 Å². The van der Waals surface area contributed by atoms with Crippen molar-refractivity contribution in [1.82, 2.24) is 24.4 Å². The van der Waals surface area contributed by atoms with Crippen LogP contribution in [0, 0.1) is 0 Å². The van der Waals surface area contributed by atoms with E-state index < -0.39 is 0 Å². The standard InChI is InChI=1S/C33H34N8OS2/c1-2-39-14-16-40(17-15-39)26-10-8-24(9-11-26)36-32-34-13-12-28(37-32)31-30(38-33-41(31)18-20-44-33)23-5-3-6-25(21-23)35-29(42)22-27-7-4-19-43-27/h3-13,19,21H,2,14-18,20,22H2,1H3,(H,35,42)(H,34,36,37). The number of imidazole rings is 1. The molecule has 0 saturated carbocycles. The van der Waals surface area contributed by atoms with Crippen LogP contribution in [0.2, 0.25) is 0 Å². The molecule has 2 N–H and O–H groups in total. The lowest BCUT2D eigenvalue weighted by Gasteiger charge is -2.35. The number of amides is 1. The first-order valence-corrected chi connectivity index (χ1v) is 16.8. The molecule has 5 heterocycles. The van der Waals surface area contributed by atoms with Gasteiger partial charge in [0.25, 0.3) is 0 Å². The molecule has 0 bridgehead atoms. The highest BCUT2D eigenvalue weighted by Crippen LogP contribution is 2.39. The first-order valence-electron chi connectivity index (χ1n) is 15.0. The Hall–Kier alpha value is -4.19. The van der Waals surface area contributed by atoms with E-state index in [0.29, 0.717) is 12.4 Å². The highest BCUT2D eigenvalue weighted by molar-refractivity contribution is 7.99. The molecule has 2 aliphatic rings. The van der Waals surface area contributed by atoms with E-state index in [2.05, 4.69) is 61.2 Å². The van der Waals surface area contributed by atoms with Gasteiger partial charge in [0.15, 0.2) is 5.16 Å². The maximum atomic E-state index is 12.7. The second-order valence-corrected chi connectivity index (χ2v) is 12.9. The Balaban J connectivity index is 1.11. The van der Waals surface area contributed by atoms with Crippen molar-refractivity contribution in [2.45, 2.75) is 25.0 Å². The molecule has 0 spiro atoms. The zero-order chi connectivity index (χ0) is 29.9. The normalized spacial score (nSPS) is 14.9. The van der Waals surface area contributed by atoms with Gasteiger partial charge in [0.2, 0.25) is 11.9 Å². The summed E-state index contributed by atoms with van der Waals surface area (Å²) in [6, 6.07) is 22.3. The predicted molar refractivity (Wildman–Crippen MR) is 180 cm³/mol. The molecule has 2 aromatic carbocycles. The zero-order valence-corrected chi connectivity index (χ0v) is 26.2. The number of anilines is 4. The fraction of sp³-hybridized carbons (Fsp3) is 0.273. The van der Waals surface area contributed by atoms with Gasteiger partial charge in [-0.25, -0.2) is 15.0 Å². The Labute approximate surface area is 265 Å². The van der Waals surface area contributed by atoms with Crippen LogP contribution in [-0.4, -0.2) is 68.8 Å². The summed E-state index contributed by atoms with van der Waals surface area (Å²) in [6.45, 7) is 8.49. The molecule has 0 unspecified atom stereocenters. The van der Waals surface area contributed by atoms with Crippen LogP contribution in [0.25, 0.3) is 22.6 Å². The fourth-order valence-electron chi connectivity index (χ4n) is 5.72. The molecule has 0 radical (unpaired) electrons. The van der Waals surface area contributed by atoms with Gasteiger partial charge < -0.3 is 25.0 Å². The smallest absolute Gasteiger partial charge is 0.229 e. The largest absolute Gasteiger partial charge is 0.369 e. The molecule has 224 valence electrons. The number of fused-ring (bicyclic) bond motifs is 1. The SMILES string of the molecule is CCN1CCN(c2ccc(Nc3nccc(-c4c(-c5cccc(NC(=O)Cc6cccs6)c5)nc5n4CCS5)n3)cc2)CC1. The lowest BCUT2D eigenvalue weighted by molar-refractivity contribution is -0.115. The minimum Gasteiger partial charge on any atom is -0.369 e. The first kappa shape index (κ1) is 28.6. The molecule has 0 aliphatic carbocycles. The van der Waals surface area contributed by atoms with Crippen molar-refractivity contribution in [2.75, 3.05) is 54.0 Å². The van der Waals surface area contributed by atoms with Crippen LogP contribution in [0.4, 0.5) is 23.0 Å². The highest BCUT2D eigenvalue weighted by atomic mass is 32.2. The molecule has 0 atom stereocenters. The topological polar surface area (TPSA) is 91.2 Å². The van der Waals surface area contributed by atoms with Crippen LogP contribution in [0.5, 0.6) is 0 Å². The summed E-state index contributed by atoms with van der Waals surface area (Å²) in [5.74, 6) is 1.48. The molecule has 11 heteroatoms. The molecule has 1 fully saturated rings. The summed E-state index contributed by atoms with van der Waals surface area (Å²) in [7, 11) is 0. The molecular formula is C33H34N8OS2. The third kappa shape index (κ3) is 6.21. The van der Waals surface area contributed by atoms with Crippen LogP contribution < -0.4 is 15.5 Å². The van der Waals surface area contributed by atoms with Crippen molar-refractivity contribution in [2.24, 2.45) is 0 Å². The van der Waals surface area contributed by atoms with E-state index in [1.165, 1.54) is 5.69 Å². The number of carbonyl (C=O) groups is 1. The molecular weight excluding hydrogens is 589 g/mol. The molecule has 44 heavy (non-hydrogen) atoms. The van der Waals surface area contributed by atoms with Gasteiger partial charge in [0.1, 0.15) is 0 Å². The minimum atomic E-state index is -0.0358. The monoisotopic (exact) mass is 622 g/mol. The van der Waals surface area contributed by atoms with Crippen LogP contribution in [0.1, 0.15) is 11.8 Å². The number of aromatic nitrogens is 4. The number of nitrogens with zero attached hydrogens (tertiary/aromatic N) is 6. The number of hydrogen-bond acceptors (Lipinski definition) is 9. The van der Waals surface area contributed by atoms with E-state index in [4.69, 9.17) is 9.97 Å². The summed E-state index contributed by atoms with van der Waals surface area (Å²) < 4.78 is 2.24. The number of hydrogen-bond donors (Lipinski definition) is 2. The average Bonchev–Trinajstić information content (AvgIpc) is 3.80. The Bertz CT molecular complexity index is 1740. The van der Waals surface area contributed by atoms with Crippen LogP contribution in [-0.2, 0) is 17.8 Å². The molecule has 1 saturated heterocycles. The van der Waals surface area contributed by atoms with Gasteiger partial charge in [-0.2, -0.15) is 0 Å². The number of likely N-dealkylation sites (N-methyl/N-ethyl adjacent to an activating group) is 1. The van der Waals surface area contributed by atoms with Crippen molar-refractivity contribution in [3.05, 3.63) is 83.2 Å². The maximum Gasteiger partial charge on any atom is 0.229 e. The Kier molecular flexibility index (Phi) is 8.32. The van der Waals surface area contributed by atoms with E-state index >= 15 is 0 Å². The molecule has 3 aromatic heterocycles. The van der Waals surface area contributed by atoms with Crippen LogP contribution >= 0.6 is 23.1 Å². The Morgan fingerprint density at radius 2 is 1.80 bits per heavy atom. The molecule has 2 aliphatic heterocycles. The van der Waals surface area contributed by atoms with Gasteiger partial charge in [-0.05, 0) is 60.5 Å². The quantitative estimate of drug-likeness (QED) is 0.200. The Morgan fingerprint density at radius 1 is 0.932 bits per heavy atom. The van der Waals surface area contributed by atoms with Crippen molar-refractivity contribution in [3.8, 4) is 22.6 Å². The number of thioether (sulfide) groups is 1. The number of thiophene rings is 1.